The number of alkyl halides is 3. The molecule has 5 nitrogen and oxygen atoms in total. The first-order valence-electron chi connectivity index (χ1n) is 12.0. The van der Waals surface area contributed by atoms with Gasteiger partial charge in [0.25, 0.3) is 5.56 Å². The van der Waals surface area contributed by atoms with Crippen LogP contribution in [0.5, 0.6) is 0 Å². The molecule has 2 aromatic carbocycles. The number of hydrogen-bond donors (Lipinski definition) is 1. The molecule has 0 unspecified atom stereocenters. The molecule has 37 heavy (non-hydrogen) atoms. The Bertz CT molecular complexity index is 1480. The smallest absolute Gasteiger partial charge is 0.385 e. The molecule has 0 aliphatic carbocycles. The highest BCUT2D eigenvalue weighted by Gasteiger charge is 2.37. The quantitative estimate of drug-likeness (QED) is 0.380. The van der Waals surface area contributed by atoms with E-state index in [2.05, 4.69) is 4.98 Å². The third-order valence-electron chi connectivity index (χ3n) is 7.00. The summed E-state index contributed by atoms with van der Waals surface area (Å²) < 4.78 is 55.1. The molecule has 0 bridgehead atoms. The first kappa shape index (κ1) is 25.1. The van der Waals surface area contributed by atoms with Gasteiger partial charge in [0.1, 0.15) is 5.82 Å². The molecule has 3 heterocycles. The van der Waals surface area contributed by atoms with Gasteiger partial charge in [-0.25, -0.2) is 4.39 Å². The van der Waals surface area contributed by atoms with E-state index >= 15 is 0 Å². The lowest BCUT2D eigenvalue weighted by molar-refractivity contribution is -0.137. The summed E-state index contributed by atoms with van der Waals surface area (Å²) in [6.07, 6.45) is -0.726. The fourth-order valence-electron chi connectivity index (χ4n) is 4.94. The molecule has 0 atom stereocenters. The van der Waals surface area contributed by atoms with Crippen LogP contribution in [0.25, 0.3) is 10.9 Å². The van der Waals surface area contributed by atoms with E-state index in [1.165, 1.54) is 28.8 Å². The molecule has 0 spiro atoms. The largest absolute Gasteiger partial charge is 0.416 e. The Morgan fingerprint density at radius 2 is 1.76 bits per heavy atom. The lowest BCUT2D eigenvalue weighted by Gasteiger charge is -2.38. The van der Waals surface area contributed by atoms with E-state index in [-0.39, 0.29) is 30.5 Å². The average molecular weight is 512 g/mol. The minimum Gasteiger partial charge on any atom is -0.385 e. The first-order valence-corrected chi connectivity index (χ1v) is 12.0. The highest BCUT2D eigenvalue weighted by atomic mass is 19.4. The number of pyridine rings is 2. The predicted octanol–water partition coefficient (Wildman–Crippen LogP) is 5.09. The van der Waals surface area contributed by atoms with Gasteiger partial charge in [-0.1, -0.05) is 18.2 Å². The maximum atomic E-state index is 14.0. The van der Waals surface area contributed by atoms with Crippen molar-refractivity contribution in [3.63, 3.8) is 0 Å². The summed E-state index contributed by atoms with van der Waals surface area (Å²) in [5.74, 6) is -0.440. The summed E-state index contributed by atoms with van der Waals surface area (Å²) in [6, 6.07) is 14.5. The van der Waals surface area contributed by atoms with Gasteiger partial charge in [0.15, 0.2) is 0 Å². The summed E-state index contributed by atoms with van der Waals surface area (Å²) in [5, 5.41) is 11.9. The van der Waals surface area contributed by atoms with Crippen LogP contribution in [-0.2, 0) is 24.9 Å². The number of rotatable bonds is 5. The number of nitrogens with zero attached hydrogens (tertiary/aromatic N) is 3. The zero-order valence-electron chi connectivity index (χ0n) is 19.9. The zero-order valence-corrected chi connectivity index (χ0v) is 19.9. The Kier molecular flexibility index (Phi) is 6.59. The first-order chi connectivity index (χ1) is 17.6. The van der Waals surface area contributed by atoms with Gasteiger partial charge in [-0.3, -0.25) is 14.7 Å². The van der Waals surface area contributed by atoms with Gasteiger partial charge in [-0.05, 0) is 71.8 Å². The molecule has 192 valence electrons. The van der Waals surface area contributed by atoms with Gasteiger partial charge < -0.3 is 9.67 Å². The van der Waals surface area contributed by atoms with Crippen molar-refractivity contribution < 1.29 is 22.7 Å². The normalized spacial score (nSPS) is 16.2. The third kappa shape index (κ3) is 5.28. The molecule has 5 rings (SSSR count). The molecule has 1 saturated heterocycles. The van der Waals surface area contributed by atoms with Crippen LogP contribution in [0.15, 0.2) is 77.9 Å². The summed E-state index contributed by atoms with van der Waals surface area (Å²) in [4.78, 5) is 19.6. The second kappa shape index (κ2) is 9.72. The Labute approximate surface area is 210 Å². The van der Waals surface area contributed by atoms with Crippen molar-refractivity contribution in [2.75, 3.05) is 13.1 Å². The number of piperidine rings is 1. The van der Waals surface area contributed by atoms with Gasteiger partial charge in [0.05, 0.1) is 23.2 Å². The second-order valence-corrected chi connectivity index (χ2v) is 9.51. The molecular weight excluding hydrogens is 486 g/mol. The Balaban J connectivity index is 1.39. The van der Waals surface area contributed by atoms with Crippen LogP contribution < -0.4 is 5.56 Å². The van der Waals surface area contributed by atoms with Crippen LogP contribution in [0, 0.1) is 5.82 Å². The molecule has 0 saturated carbocycles. The minimum atomic E-state index is -4.48. The van der Waals surface area contributed by atoms with Crippen molar-refractivity contribution in [1.29, 1.82) is 0 Å². The number of benzene rings is 2. The SMILES string of the molecule is O=c1c(CN2CCC(O)(c3cccc(C(F)(F)F)c3)CC2)cc2ccc(F)cc2n1Cc1cccnc1. The van der Waals surface area contributed by atoms with Gasteiger partial charge in [0.2, 0.25) is 0 Å². The number of likely N-dealkylation sites (tertiary alicyclic amines) is 1. The standard InChI is InChI=1S/C28H25F4N3O2/c29-24-7-6-20-13-21(26(36)35(25(20)15-24)17-19-3-2-10-33-16-19)18-34-11-8-27(37,9-12-34)22-4-1-5-23(14-22)28(30,31)32/h1-7,10,13-16,37H,8-9,11-12,17-18H2. The highest BCUT2D eigenvalue weighted by molar-refractivity contribution is 5.79. The van der Waals surface area contributed by atoms with Crippen molar-refractivity contribution in [2.24, 2.45) is 0 Å². The average Bonchev–Trinajstić information content (AvgIpc) is 2.88. The Morgan fingerprint density at radius 3 is 2.46 bits per heavy atom. The number of halogens is 4. The number of aliphatic hydroxyl groups is 1. The Hall–Kier alpha value is -3.56. The summed E-state index contributed by atoms with van der Waals surface area (Å²) in [6.45, 7) is 1.33. The predicted molar refractivity (Wildman–Crippen MR) is 131 cm³/mol. The van der Waals surface area contributed by atoms with Gasteiger partial charge in [-0.2, -0.15) is 13.2 Å². The van der Waals surface area contributed by atoms with Crippen molar-refractivity contribution >= 4 is 10.9 Å². The van der Waals surface area contributed by atoms with E-state index in [1.54, 1.807) is 30.6 Å². The molecule has 2 aromatic heterocycles. The van der Waals surface area contributed by atoms with E-state index in [4.69, 9.17) is 0 Å². The summed E-state index contributed by atoms with van der Waals surface area (Å²) in [5.41, 5.74) is -0.366. The maximum Gasteiger partial charge on any atom is 0.416 e. The monoisotopic (exact) mass is 511 g/mol. The van der Waals surface area contributed by atoms with Crippen molar-refractivity contribution in [2.45, 2.75) is 37.7 Å². The lowest BCUT2D eigenvalue weighted by Crippen LogP contribution is -2.43. The zero-order chi connectivity index (χ0) is 26.2. The van der Waals surface area contributed by atoms with Crippen LogP contribution in [0.1, 0.15) is 35.1 Å². The van der Waals surface area contributed by atoms with Crippen LogP contribution in [0.2, 0.25) is 0 Å². The van der Waals surface area contributed by atoms with Gasteiger partial charge in [-0.15, -0.1) is 0 Å². The number of hydrogen-bond acceptors (Lipinski definition) is 4. The molecule has 1 aliphatic rings. The topological polar surface area (TPSA) is 58.4 Å². The van der Waals surface area contributed by atoms with Gasteiger partial charge in [0, 0.05) is 37.6 Å². The minimum absolute atomic E-state index is 0.232. The summed E-state index contributed by atoms with van der Waals surface area (Å²) in [7, 11) is 0. The second-order valence-electron chi connectivity index (χ2n) is 9.51. The van der Waals surface area contributed by atoms with Crippen LogP contribution in [0.3, 0.4) is 0 Å². The summed E-state index contributed by atoms with van der Waals surface area (Å²) >= 11 is 0. The number of aromatic nitrogens is 2. The molecule has 1 aliphatic heterocycles. The molecule has 0 amide bonds. The molecule has 4 aromatic rings. The molecular formula is C28H25F4N3O2. The highest BCUT2D eigenvalue weighted by Crippen LogP contribution is 2.37. The third-order valence-corrected chi connectivity index (χ3v) is 7.00. The van der Waals surface area contributed by atoms with E-state index in [1.807, 2.05) is 11.0 Å². The van der Waals surface area contributed by atoms with Gasteiger partial charge >= 0.3 is 6.18 Å². The fraction of sp³-hybridized carbons (Fsp3) is 0.286. The van der Waals surface area contributed by atoms with E-state index in [9.17, 15) is 27.5 Å². The van der Waals surface area contributed by atoms with Crippen molar-refractivity contribution in [3.05, 3.63) is 111 Å². The van der Waals surface area contributed by atoms with Crippen LogP contribution in [-0.4, -0.2) is 32.6 Å². The van der Waals surface area contributed by atoms with E-state index in [0.29, 0.717) is 30.7 Å². The van der Waals surface area contributed by atoms with Crippen molar-refractivity contribution in [1.82, 2.24) is 14.5 Å². The van der Waals surface area contributed by atoms with E-state index in [0.717, 1.165) is 23.1 Å². The molecule has 1 fully saturated rings. The molecule has 1 N–H and O–H groups in total. The van der Waals surface area contributed by atoms with E-state index < -0.39 is 23.2 Å². The Morgan fingerprint density at radius 1 is 0.973 bits per heavy atom. The van der Waals surface area contributed by atoms with Crippen molar-refractivity contribution in [3.8, 4) is 0 Å². The molecule has 0 radical (unpaired) electrons. The van der Waals surface area contributed by atoms with Crippen LogP contribution in [0.4, 0.5) is 17.6 Å². The maximum absolute atomic E-state index is 14.0. The molecule has 9 heteroatoms. The number of fused-ring (bicyclic) bond motifs is 1. The lowest BCUT2D eigenvalue weighted by atomic mass is 9.83. The van der Waals surface area contributed by atoms with Crippen LogP contribution >= 0.6 is 0 Å². The fourth-order valence-corrected chi connectivity index (χ4v) is 4.94.